The maximum atomic E-state index is 12.2. The third kappa shape index (κ3) is 4.01. The molecule has 0 bridgehead atoms. The lowest BCUT2D eigenvalue weighted by Crippen LogP contribution is -2.55. The monoisotopic (exact) mass is 475 g/mol. The van der Waals surface area contributed by atoms with Crippen LogP contribution in [0.25, 0.3) is 0 Å². The summed E-state index contributed by atoms with van der Waals surface area (Å²) in [6, 6.07) is 0. The van der Waals surface area contributed by atoms with Gasteiger partial charge in [0.2, 0.25) is 5.91 Å². The number of amides is 1. The topological polar surface area (TPSA) is 29.1 Å². The molecule has 188 valence electrons. The fourth-order valence-corrected chi connectivity index (χ4v) is 10.6. The van der Waals surface area contributed by atoms with Gasteiger partial charge in [0, 0.05) is 12.0 Å². The van der Waals surface area contributed by atoms with E-state index < -0.39 is 0 Å². The molecule has 4 saturated carbocycles. The Morgan fingerprint density at radius 1 is 0.879 bits per heavy atom. The van der Waals surface area contributed by atoms with Crippen LogP contribution in [0.15, 0.2) is 0 Å². The number of nitrogens with one attached hydrogen (secondary N) is 1. The summed E-state index contributed by atoms with van der Waals surface area (Å²) in [5, 5.41) is 2.80. The van der Waals surface area contributed by atoms with Crippen molar-refractivity contribution in [2.24, 2.45) is 45.8 Å². The molecule has 9 atom stereocenters. The molecule has 5 rings (SSSR count). The zero-order chi connectivity index (χ0) is 23.3. The predicted molar refractivity (Wildman–Crippen MR) is 138 cm³/mol. The molecule has 5 fully saturated rings. The van der Waals surface area contributed by atoms with Gasteiger partial charge in [0.1, 0.15) is 5.38 Å². The number of halogens is 1. The largest absolute Gasteiger partial charge is 0.354 e. The maximum absolute atomic E-state index is 12.2. The minimum atomic E-state index is -0.299. The Bertz CT molecular complexity index is 724. The van der Waals surface area contributed by atoms with Crippen LogP contribution in [-0.4, -0.2) is 17.8 Å². The number of hydrogen-bond acceptors (Lipinski definition) is 1. The normalized spacial score (nSPS) is 48.9. The molecule has 3 heteroatoms. The summed E-state index contributed by atoms with van der Waals surface area (Å²) in [6.45, 7) is 8.50. The number of fused-ring (bicyclic) bond motifs is 5. The van der Waals surface area contributed by atoms with Crippen LogP contribution in [0.1, 0.15) is 124 Å². The first-order valence-electron chi connectivity index (χ1n) is 14.8. The van der Waals surface area contributed by atoms with Crippen molar-refractivity contribution in [1.29, 1.82) is 0 Å². The van der Waals surface area contributed by atoms with Crippen molar-refractivity contribution in [1.82, 2.24) is 5.32 Å². The SMILES string of the molecule is CCCCCCCCC1CC[C@H]2[C@@H]3CCC4C[C@]5(CC[C@]4(C)[C@H]3CC[C@]12C)CNC(=O)C5Cl. The van der Waals surface area contributed by atoms with Crippen molar-refractivity contribution < 1.29 is 4.79 Å². The van der Waals surface area contributed by atoms with Crippen LogP contribution >= 0.6 is 11.6 Å². The van der Waals surface area contributed by atoms with Gasteiger partial charge in [-0.25, -0.2) is 0 Å². The average Bonchev–Trinajstić information content (AvgIpc) is 3.28. The highest BCUT2D eigenvalue weighted by Crippen LogP contribution is 2.69. The molecular weight excluding hydrogens is 426 g/mol. The summed E-state index contributed by atoms with van der Waals surface area (Å²) in [5.41, 5.74) is 1.14. The fraction of sp³-hybridized carbons (Fsp3) is 0.967. The van der Waals surface area contributed by atoms with Gasteiger partial charge in [-0.2, -0.15) is 0 Å². The standard InChI is InChI=1S/C30H50ClNO/c1-4-5-6-7-8-9-10-21-12-14-24-23-13-11-22-19-30(20-32-27(33)26(30)31)18-17-29(22,3)25(23)15-16-28(21,24)2/h21-26H,4-20H2,1-3H3,(H,32,33)/t21?,22?,23-,24-,25-,26?,28+,29-,30+/m0/s1. The number of alkyl halides is 1. The van der Waals surface area contributed by atoms with Crippen molar-refractivity contribution in [3.8, 4) is 0 Å². The molecule has 0 aromatic carbocycles. The van der Waals surface area contributed by atoms with Gasteiger partial charge in [-0.3, -0.25) is 4.79 Å². The quantitative estimate of drug-likeness (QED) is 0.292. The van der Waals surface area contributed by atoms with E-state index in [2.05, 4.69) is 26.1 Å². The highest BCUT2D eigenvalue weighted by molar-refractivity contribution is 6.32. The first kappa shape index (κ1) is 24.5. The zero-order valence-electron chi connectivity index (χ0n) is 21.8. The molecular formula is C30H50ClNO. The molecule has 1 aliphatic heterocycles. The Labute approximate surface area is 208 Å². The molecule has 33 heavy (non-hydrogen) atoms. The van der Waals surface area contributed by atoms with Gasteiger partial charge in [-0.1, -0.05) is 59.3 Å². The molecule has 0 aromatic rings. The molecule has 4 aliphatic carbocycles. The minimum Gasteiger partial charge on any atom is -0.354 e. The van der Waals surface area contributed by atoms with E-state index in [0.29, 0.717) is 10.8 Å². The predicted octanol–water partition coefficient (Wildman–Crippen LogP) is 8.12. The first-order valence-corrected chi connectivity index (χ1v) is 15.2. The van der Waals surface area contributed by atoms with E-state index in [1.54, 1.807) is 0 Å². The van der Waals surface area contributed by atoms with Crippen LogP contribution in [0.5, 0.6) is 0 Å². The Balaban J connectivity index is 1.23. The van der Waals surface area contributed by atoms with Crippen molar-refractivity contribution >= 4 is 17.5 Å². The lowest BCUT2D eigenvalue weighted by Gasteiger charge is -2.62. The number of carbonyl (C=O) groups is 1. The summed E-state index contributed by atoms with van der Waals surface area (Å²) in [4.78, 5) is 12.2. The van der Waals surface area contributed by atoms with Crippen molar-refractivity contribution in [3.05, 3.63) is 0 Å². The number of hydrogen-bond donors (Lipinski definition) is 1. The second kappa shape index (κ2) is 9.33. The van der Waals surface area contributed by atoms with Crippen LogP contribution < -0.4 is 5.32 Å². The van der Waals surface area contributed by atoms with Gasteiger partial charge in [0.05, 0.1) is 0 Å². The minimum absolute atomic E-state index is 0.0361. The number of rotatable bonds is 7. The van der Waals surface area contributed by atoms with Crippen molar-refractivity contribution in [3.63, 3.8) is 0 Å². The lowest BCUT2D eigenvalue weighted by atomic mass is 9.43. The molecule has 1 heterocycles. The summed E-state index contributed by atoms with van der Waals surface area (Å²) < 4.78 is 0. The average molecular weight is 476 g/mol. The molecule has 1 saturated heterocycles. The lowest BCUT2D eigenvalue weighted by molar-refractivity contribution is -0.131. The summed E-state index contributed by atoms with van der Waals surface area (Å²) in [5.74, 6) is 4.70. The Kier molecular flexibility index (Phi) is 6.91. The summed E-state index contributed by atoms with van der Waals surface area (Å²) in [6.07, 6.45) is 22.5. The van der Waals surface area contributed by atoms with Gasteiger partial charge < -0.3 is 5.32 Å². The summed E-state index contributed by atoms with van der Waals surface area (Å²) >= 11 is 6.68. The van der Waals surface area contributed by atoms with Gasteiger partial charge in [0.25, 0.3) is 0 Å². The third-order valence-electron chi connectivity index (χ3n) is 12.4. The molecule has 1 amide bonds. The molecule has 0 aromatic heterocycles. The van der Waals surface area contributed by atoms with E-state index in [4.69, 9.17) is 11.6 Å². The molecule has 1 spiro atoms. The van der Waals surface area contributed by atoms with E-state index >= 15 is 0 Å². The zero-order valence-corrected chi connectivity index (χ0v) is 22.5. The van der Waals surface area contributed by atoms with E-state index in [0.717, 1.165) is 42.6 Å². The number of unbranched alkanes of at least 4 members (excludes halogenated alkanes) is 5. The molecule has 3 unspecified atom stereocenters. The van der Waals surface area contributed by atoms with Crippen LogP contribution in [-0.2, 0) is 4.79 Å². The van der Waals surface area contributed by atoms with Gasteiger partial charge >= 0.3 is 0 Å². The van der Waals surface area contributed by atoms with E-state index in [1.807, 2.05) is 0 Å². The Morgan fingerprint density at radius 2 is 1.64 bits per heavy atom. The second-order valence-corrected chi connectivity index (χ2v) is 14.1. The van der Waals surface area contributed by atoms with E-state index in [9.17, 15) is 4.79 Å². The van der Waals surface area contributed by atoms with E-state index in [1.165, 1.54) is 96.3 Å². The smallest absolute Gasteiger partial charge is 0.238 e. The highest BCUT2D eigenvalue weighted by atomic mass is 35.5. The van der Waals surface area contributed by atoms with Gasteiger partial charge in [-0.05, 0) is 105 Å². The van der Waals surface area contributed by atoms with Crippen molar-refractivity contribution in [2.45, 2.75) is 129 Å². The first-order chi connectivity index (χ1) is 15.8. The van der Waals surface area contributed by atoms with Crippen LogP contribution in [0, 0.1) is 45.8 Å². The maximum Gasteiger partial charge on any atom is 0.238 e. The summed E-state index contributed by atoms with van der Waals surface area (Å²) in [7, 11) is 0. The van der Waals surface area contributed by atoms with Crippen LogP contribution in [0.4, 0.5) is 0 Å². The van der Waals surface area contributed by atoms with E-state index in [-0.39, 0.29) is 16.7 Å². The van der Waals surface area contributed by atoms with Gasteiger partial charge in [0.15, 0.2) is 0 Å². The highest BCUT2D eigenvalue weighted by Gasteiger charge is 2.62. The number of carbonyl (C=O) groups excluding carboxylic acids is 1. The van der Waals surface area contributed by atoms with Gasteiger partial charge in [-0.15, -0.1) is 11.6 Å². The molecule has 5 aliphatic rings. The molecule has 1 N–H and O–H groups in total. The van der Waals surface area contributed by atoms with Crippen molar-refractivity contribution in [2.75, 3.05) is 6.54 Å². The third-order valence-corrected chi connectivity index (χ3v) is 13.0. The molecule has 0 radical (unpaired) electrons. The Hall–Kier alpha value is -0.240. The fourth-order valence-electron chi connectivity index (χ4n) is 10.2. The Morgan fingerprint density at radius 3 is 2.39 bits per heavy atom. The second-order valence-electron chi connectivity index (χ2n) is 13.7. The van der Waals surface area contributed by atoms with Crippen LogP contribution in [0.3, 0.4) is 0 Å². The molecule has 2 nitrogen and oxygen atoms in total. The van der Waals surface area contributed by atoms with Crippen LogP contribution in [0.2, 0.25) is 0 Å².